The molecule has 2 atom stereocenters. The van der Waals surface area contributed by atoms with E-state index in [1.807, 2.05) is 6.92 Å². The Balaban J connectivity index is 1.96. The quantitative estimate of drug-likeness (QED) is 0.754. The molecule has 1 amide bonds. The fourth-order valence-electron chi connectivity index (χ4n) is 3.39. The molecule has 4 nitrogen and oxygen atoms in total. The zero-order valence-corrected chi connectivity index (χ0v) is 13.6. The zero-order valence-electron chi connectivity index (χ0n) is 13.6. The molecule has 0 spiro atoms. The van der Waals surface area contributed by atoms with Gasteiger partial charge in [0, 0.05) is 0 Å². The highest BCUT2D eigenvalue weighted by molar-refractivity contribution is 5.77. The topological polar surface area (TPSA) is 69.6 Å². The summed E-state index contributed by atoms with van der Waals surface area (Å²) in [6.45, 7) is 1.73. The lowest BCUT2D eigenvalue weighted by molar-refractivity contribution is -0.126. The van der Waals surface area contributed by atoms with Crippen molar-refractivity contribution < 1.29 is 19.4 Å². The number of aliphatic hydroxyl groups excluding tert-OH is 2. The average Bonchev–Trinajstić information content (AvgIpc) is 2.55. The van der Waals surface area contributed by atoms with Gasteiger partial charge in [-0.3, -0.25) is 4.79 Å². The van der Waals surface area contributed by atoms with Gasteiger partial charge in [-0.2, -0.15) is 0 Å². The highest BCUT2D eigenvalue weighted by Gasteiger charge is 2.36. The highest BCUT2D eigenvalue weighted by Crippen LogP contribution is 2.32. The van der Waals surface area contributed by atoms with Crippen molar-refractivity contribution in [2.75, 3.05) is 6.61 Å². The molecule has 0 aromatic heterocycles. The second-order valence-electron chi connectivity index (χ2n) is 6.73. The average molecular weight is 323 g/mol. The Morgan fingerprint density at radius 3 is 2.70 bits per heavy atom. The monoisotopic (exact) mass is 323 g/mol. The molecule has 0 heterocycles. The van der Waals surface area contributed by atoms with Gasteiger partial charge < -0.3 is 15.5 Å². The third-order valence-electron chi connectivity index (χ3n) is 4.87. The first-order valence-corrected chi connectivity index (χ1v) is 8.30. The summed E-state index contributed by atoms with van der Waals surface area (Å²) in [5.74, 6) is -0.523. The van der Waals surface area contributed by atoms with E-state index < -0.39 is 17.5 Å². The van der Waals surface area contributed by atoms with Crippen LogP contribution in [0.5, 0.6) is 0 Å². The van der Waals surface area contributed by atoms with Crippen LogP contribution in [0.1, 0.15) is 57.1 Å². The van der Waals surface area contributed by atoms with Gasteiger partial charge in [-0.25, -0.2) is 4.39 Å². The highest BCUT2D eigenvalue weighted by atomic mass is 19.1. The van der Waals surface area contributed by atoms with Crippen LogP contribution in [0.25, 0.3) is 0 Å². The van der Waals surface area contributed by atoms with Crippen LogP contribution in [0.2, 0.25) is 0 Å². The molecular weight excluding hydrogens is 297 g/mol. The van der Waals surface area contributed by atoms with Crippen molar-refractivity contribution in [1.29, 1.82) is 0 Å². The summed E-state index contributed by atoms with van der Waals surface area (Å²) >= 11 is 0. The van der Waals surface area contributed by atoms with Crippen LogP contribution in [0.3, 0.4) is 0 Å². The second kappa shape index (κ2) is 7.88. The Bertz CT molecular complexity index is 531. The van der Waals surface area contributed by atoms with E-state index >= 15 is 0 Å². The first-order chi connectivity index (χ1) is 10.9. The molecule has 23 heavy (non-hydrogen) atoms. The molecule has 0 saturated heterocycles. The van der Waals surface area contributed by atoms with Gasteiger partial charge in [-0.05, 0) is 43.4 Å². The van der Waals surface area contributed by atoms with E-state index in [0.29, 0.717) is 5.56 Å². The molecule has 0 aliphatic heterocycles. The van der Waals surface area contributed by atoms with Crippen molar-refractivity contribution in [2.24, 2.45) is 5.92 Å². The Morgan fingerprint density at radius 1 is 1.39 bits per heavy atom. The number of carbonyl (C=O) groups excluding carboxylic acids is 1. The van der Waals surface area contributed by atoms with Gasteiger partial charge in [0.2, 0.25) is 5.91 Å². The predicted octanol–water partition coefficient (Wildman–Crippen LogP) is 2.70. The molecular formula is C18H26FNO3. The maximum atomic E-state index is 13.2. The molecule has 1 fully saturated rings. The molecule has 1 aromatic carbocycles. The summed E-state index contributed by atoms with van der Waals surface area (Å²) in [5, 5.41) is 22.7. The fourth-order valence-corrected chi connectivity index (χ4v) is 3.39. The normalized spacial score (nSPS) is 19.8. The summed E-state index contributed by atoms with van der Waals surface area (Å²) in [7, 11) is 0. The first-order valence-electron chi connectivity index (χ1n) is 8.30. The summed E-state index contributed by atoms with van der Waals surface area (Å²) in [4.78, 5) is 12.3. The summed E-state index contributed by atoms with van der Waals surface area (Å²) in [6.07, 6.45) is 4.20. The van der Waals surface area contributed by atoms with Gasteiger partial charge in [-0.15, -0.1) is 0 Å². The Hall–Kier alpha value is -1.46. The van der Waals surface area contributed by atoms with E-state index in [1.165, 1.54) is 24.6 Å². The van der Waals surface area contributed by atoms with Gasteiger partial charge in [-0.1, -0.05) is 31.4 Å². The summed E-state index contributed by atoms with van der Waals surface area (Å²) < 4.78 is 13.2. The minimum atomic E-state index is -1.06. The van der Waals surface area contributed by atoms with E-state index in [4.69, 9.17) is 0 Å². The number of aliphatic hydroxyl groups is 2. The largest absolute Gasteiger partial charge is 0.394 e. The minimum absolute atomic E-state index is 0.126. The molecule has 0 unspecified atom stereocenters. The third kappa shape index (κ3) is 4.75. The first kappa shape index (κ1) is 17.9. The van der Waals surface area contributed by atoms with Gasteiger partial charge in [0.1, 0.15) is 5.82 Å². The summed E-state index contributed by atoms with van der Waals surface area (Å²) in [6, 6.07) is 5.62. The maximum absolute atomic E-state index is 13.2. The number of carbonyl (C=O) groups is 1. The van der Waals surface area contributed by atoms with Crippen LogP contribution < -0.4 is 5.32 Å². The molecule has 2 rings (SSSR count). The smallest absolute Gasteiger partial charge is 0.223 e. The maximum Gasteiger partial charge on any atom is 0.223 e. The lowest BCUT2D eigenvalue weighted by atomic mass is 9.76. The summed E-state index contributed by atoms with van der Waals surface area (Å²) in [5.41, 5.74) is -0.289. The van der Waals surface area contributed by atoms with Crippen molar-refractivity contribution in [3.8, 4) is 0 Å². The zero-order chi connectivity index (χ0) is 16.9. The van der Waals surface area contributed by atoms with Crippen molar-refractivity contribution in [2.45, 2.75) is 57.1 Å². The molecule has 0 radical (unpaired) electrons. The van der Waals surface area contributed by atoms with E-state index in [-0.39, 0.29) is 24.9 Å². The standard InChI is InChI=1S/C18H26FNO3/c1-18(12-21,14-7-3-2-4-8-14)20-17(23)11-16(22)13-6-5-9-15(19)10-13/h5-6,9-10,14,16,21-22H,2-4,7-8,11-12H2,1H3,(H,20,23)/t16-,18-/m0/s1. The fraction of sp³-hybridized carbons (Fsp3) is 0.611. The molecule has 1 aliphatic carbocycles. The molecule has 1 saturated carbocycles. The number of nitrogens with one attached hydrogen (secondary N) is 1. The lowest BCUT2D eigenvalue weighted by Crippen LogP contribution is -2.54. The number of hydrogen-bond donors (Lipinski definition) is 3. The molecule has 1 aromatic rings. The second-order valence-corrected chi connectivity index (χ2v) is 6.73. The van der Waals surface area contributed by atoms with Gasteiger partial charge in [0.25, 0.3) is 0 Å². The van der Waals surface area contributed by atoms with Crippen LogP contribution >= 0.6 is 0 Å². The van der Waals surface area contributed by atoms with Crippen molar-refractivity contribution >= 4 is 5.91 Å². The SMILES string of the molecule is C[C@@](CO)(NC(=O)C[C@H](O)c1cccc(F)c1)C1CCCCC1. The third-order valence-corrected chi connectivity index (χ3v) is 4.87. The van der Waals surface area contributed by atoms with E-state index in [9.17, 15) is 19.4 Å². The van der Waals surface area contributed by atoms with Crippen LogP contribution in [-0.4, -0.2) is 28.3 Å². The molecule has 0 bridgehead atoms. The predicted molar refractivity (Wildman–Crippen MR) is 86.2 cm³/mol. The van der Waals surface area contributed by atoms with E-state index in [2.05, 4.69) is 5.32 Å². The number of amides is 1. The molecule has 3 N–H and O–H groups in total. The van der Waals surface area contributed by atoms with Crippen molar-refractivity contribution in [3.05, 3.63) is 35.6 Å². The number of rotatable bonds is 6. The van der Waals surface area contributed by atoms with E-state index in [0.717, 1.165) is 25.7 Å². The Morgan fingerprint density at radius 2 is 2.09 bits per heavy atom. The van der Waals surface area contributed by atoms with Gasteiger partial charge >= 0.3 is 0 Å². The van der Waals surface area contributed by atoms with E-state index in [1.54, 1.807) is 6.07 Å². The molecule has 1 aliphatic rings. The van der Waals surface area contributed by atoms with Crippen LogP contribution in [0.4, 0.5) is 4.39 Å². The molecule has 128 valence electrons. The Labute approximate surface area is 136 Å². The van der Waals surface area contributed by atoms with Crippen LogP contribution in [0.15, 0.2) is 24.3 Å². The van der Waals surface area contributed by atoms with Gasteiger partial charge in [0.15, 0.2) is 0 Å². The number of hydrogen-bond acceptors (Lipinski definition) is 3. The lowest BCUT2D eigenvalue weighted by Gasteiger charge is -2.39. The van der Waals surface area contributed by atoms with Crippen molar-refractivity contribution in [1.82, 2.24) is 5.32 Å². The number of benzene rings is 1. The van der Waals surface area contributed by atoms with Gasteiger partial charge in [0.05, 0.1) is 24.7 Å². The molecule has 5 heteroatoms. The van der Waals surface area contributed by atoms with Crippen molar-refractivity contribution in [3.63, 3.8) is 0 Å². The number of halogens is 1. The minimum Gasteiger partial charge on any atom is -0.394 e. The Kier molecular flexibility index (Phi) is 6.13. The van der Waals surface area contributed by atoms with Crippen LogP contribution in [-0.2, 0) is 4.79 Å². The van der Waals surface area contributed by atoms with Crippen LogP contribution in [0, 0.1) is 11.7 Å².